The standard InChI is InChI=1S/C19H22N4O3/c1-26-17(24)12-14-5-7-16(8-6-14)22-18(25)15-4-2-11-23(13-15)19-20-9-3-10-21-19/h3,5-10,15H,2,4,11-13H2,1H3,(H,22,25)/t15-/m0/s1. The summed E-state index contributed by atoms with van der Waals surface area (Å²) in [4.78, 5) is 34.5. The van der Waals surface area contributed by atoms with Crippen molar-refractivity contribution in [3.63, 3.8) is 0 Å². The molecule has 0 aliphatic carbocycles. The molecule has 0 spiro atoms. The van der Waals surface area contributed by atoms with Gasteiger partial charge >= 0.3 is 5.97 Å². The molecule has 1 aromatic carbocycles. The van der Waals surface area contributed by atoms with Gasteiger partial charge in [-0.05, 0) is 36.6 Å². The second-order valence-electron chi connectivity index (χ2n) is 6.27. The Morgan fingerprint density at radius 3 is 2.65 bits per heavy atom. The van der Waals surface area contributed by atoms with Crippen molar-refractivity contribution in [3.8, 4) is 0 Å². The summed E-state index contributed by atoms with van der Waals surface area (Å²) >= 11 is 0. The maximum atomic E-state index is 12.6. The first-order chi connectivity index (χ1) is 12.7. The molecule has 2 aromatic rings. The molecule has 7 heteroatoms. The zero-order valence-corrected chi connectivity index (χ0v) is 14.7. The van der Waals surface area contributed by atoms with Gasteiger partial charge in [0.1, 0.15) is 0 Å². The number of hydrogen-bond acceptors (Lipinski definition) is 6. The normalized spacial score (nSPS) is 16.8. The molecule has 1 aromatic heterocycles. The highest BCUT2D eigenvalue weighted by Crippen LogP contribution is 2.21. The smallest absolute Gasteiger partial charge is 0.309 e. The second kappa shape index (κ2) is 8.42. The van der Waals surface area contributed by atoms with Crippen molar-refractivity contribution in [3.05, 3.63) is 48.3 Å². The Balaban J connectivity index is 1.58. The van der Waals surface area contributed by atoms with Crippen molar-refractivity contribution >= 4 is 23.5 Å². The number of piperidine rings is 1. The van der Waals surface area contributed by atoms with Crippen LogP contribution >= 0.6 is 0 Å². The second-order valence-corrected chi connectivity index (χ2v) is 6.27. The van der Waals surface area contributed by atoms with Gasteiger partial charge in [0.15, 0.2) is 0 Å². The number of benzene rings is 1. The fourth-order valence-corrected chi connectivity index (χ4v) is 3.02. The zero-order valence-electron chi connectivity index (χ0n) is 14.7. The van der Waals surface area contributed by atoms with E-state index < -0.39 is 0 Å². The minimum atomic E-state index is -0.285. The fraction of sp³-hybridized carbons (Fsp3) is 0.368. The molecular formula is C19H22N4O3. The van der Waals surface area contributed by atoms with Crippen LogP contribution in [0, 0.1) is 5.92 Å². The van der Waals surface area contributed by atoms with Crippen LogP contribution < -0.4 is 10.2 Å². The van der Waals surface area contributed by atoms with Crippen molar-refractivity contribution in [2.24, 2.45) is 5.92 Å². The van der Waals surface area contributed by atoms with Crippen LogP contribution in [0.25, 0.3) is 0 Å². The predicted molar refractivity (Wildman–Crippen MR) is 97.8 cm³/mol. The molecule has 7 nitrogen and oxygen atoms in total. The number of esters is 1. The van der Waals surface area contributed by atoms with E-state index in [4.69, 9.17) is 0 Å². The van der Waals surface area contributed by atoms with E-state index in [1.54, 1.807) is 30.6 Å². The quantitative estimate of drug-likeness (QED) is 0.827. The number of carbonyl (C=O) groups is 2. The fourth-order valence-electron chi connectivity index (χ4n) is 3.02. The molecule has 1 N–H and O–H groups in total. The molecule has 1 aliphatic rings. The van der Waals surface area contributed by atoms with Crippen LogP contribution in [0.2, 0.25) is 0 Å². The van der Waals surface area contributed by atoms with Crippen LogP contribution in [0.5, 0.6) is 0 Å². The van der Waals surface area contributed by atoms with Crippen LogP contribution in [0.3, 0.4) is 0 Å². The molecule has 1 aliphatic heterocycles. The third kappa shape index (κ3) is 4.56. The molecule has 0 unspecified atom stereocenters. The van der Waals surface area contributed by atoms with Crippen LogP contribution in [-0.2, 0) is 20.7 Å². The number of amides is 1. The molecule has 0 bridgehead atoms. The van der Waals surface area contributed by atoms with Gasteiger partial charge in [-0.2, -0.15) is 0 Å². The van der Waals surface area contributed by atoms with E-state index in [-0.39, 0.29) is 24.2 Å². The molecule has 1 atom stereocenters. The molecule has 3 rings (SSSR count). The number of nitrogens with zero attached hydrogens (tertiary/aromatic N) is 3. The summed E-state index contributed by atoms with van der Waals surface area (Å²) in [5.41, 5.74) is 1.57. The lowest BCUT2D eigenvalue weighted by Crippen LogP contribution is -2.41. The minimum Gasteiger partial charge on any atom is -0.469 e. The molecule has 0 radical (unpaired) electrons. The van der Waals surface area contributed by atoms with E-state index in [1.165, 1.54) is 7.11 Å². The third-order valence-corrected chi connectivity index (χ3v) is 4.42. The summed E-state index contributed by atoms with van der Waals surface area (Å²) in [5.74, 6) is 0.262. The molecule has 1 saturated heterocycles. The van der Waals surface area contributed by atoms with Crippen LogP contribution in [-0.4, -0.2) is 42.0 Å². The number of aromatic nitrogens is 2. The van der Waals surface area contributed by atoms with Gasteiger partial charge in [-0.25, -0.2) is 9.97 Å². The monoisotopic (exact) mass is 354 g/mol. The number of carbonyl (C=O) groups excluding carboxylic acids is 2. The van der Waals surface area contributed by atoms with Crippen LogP contribution in [0.15, 0.2) is 42.7 Å². The van der Waals surface area contributed by atoms with E-state index in [9.17, 15) is 9.59 Å². The van der Waals surface area contributed by atoms with Crippen molar-refractivity contribution in [2.45, 2.75) is 19.3 Å². The van der Waals surface area contributed by atoms with E-state index in [1.807, 2.05) is 17.0 Å². The largest absolute Gasteiger partial charge is 0.469 e. The Morgan fingerprint density at radius 2 is 1.96 bits per heavy atom. The van der Waals surface area contributed by atoms with Gasteiger partial charge in [0.25, 0.3) is 0 Å². The summed E-state index contributed by atoms with van der Waals surface area (Å²) in [5, 5.41) is 2.96. The Morgan fingerprint density at radius 1 is 1.23 bits per heavy atom. The Labute approximate surface area is 152 Å². The molecule has 0 saturated carbocycles. The maximum absolute atomic E-state index is 12.6. The number of hydrogen-bond donors (Lipinski definition) is 1. The van der Waals surface area contributed by atoms with Crippen molar-refractivity contribution in [1.82, 2.24) is 9.97 Å². The number of rotatable bonds is 5. The van der Waals surface area contributed by atoms with Gasteiger partial charge in [0.05, 0.1) is 19.4 Å². The van der Waals surface area contributed by atoms with Gasteiger partial charge in [-0.3, -0.25) is 9.59 Å². The van der Waals surface area contributed by atoms with E-state index in [0.717, 1.165) is 30.6 Å². The van der Waals surface area contributed by atoms with Gasteiger partial charge < -0.3 is 15.0 Å². The Kier molecular flexibility index (Phi) is 5.78. The minimum absolute atomic E-state index is 0.00801. The lowest BCUT2D eigenvalue weighted by atomic mass is 9.97. The summed E-state index contributed by atoms with van der Waals surface area (Å²) in [6, 6.07) is 9.02. The highest BCUT2D eigenvalue weighted by atomic mass is 16.5. The topological polar surface area (TPSA) is 84.4 Å². The van der Waals surface area contributed by atoms with Gasteiger partial charge in [0, 0.05) is 31.2 Å². The third-order valence-electron chi connectivity index (χ3n) is 4.42. The van der Waals surface area contributed by atoms with Gasteiger partial charge in [-0.1, -0.05) is 12.1 Å². The summed E-state index contributed by atoms with van der Waals surface area (Å²) < 4.78 is 4.65. The lowest BCUT2D eigenvalue weighted by molar-refractivity contribution is -0.139. The first-order valence-electron chi connectivity index (χ1n) is 8.64. The van der Waals surface area contributed by atoms with E-state index >= 15 is 0 Å². The number of nitrogens with one attached hydrogen (secondary N) is 1. The summed E-state index contributed by atoms with van der Waals surface area (Å²) in [6.45, 7) is 1.46. The lowest BCUT2D eigenvalue weighted by Gasteiger charge is -2.31. The SMILES string of the molecule is COC(=O)Cc1ccc(NC(=O)[C@H]2CCCN(c3ncccn3)C2)cc1. The highest BCUT2D eigenvalue weighted by Gasteiger charge is 2.27. The molecule has 1 amide bonds. The van der Waals surface area contributed by atoms with Gasteiger partial charge in [0.2, 0.25) is 11.9 Å². The van der Waals surface area contributed by atoms with E-state index in [0.29, 0.717) is 12.5 Å². The maximum Gasteiger partial charge on any atom is 0.309 e. The Bertz CT molecular complexity index is 749. The number of anilines is 2. The summed E-state index contributed by atoms with van der Waals surface area (Å²) in [7, 11) is 1.37. The molecule has 26 heavy (non-hydrogen) atoms. The Hall–Kier alpha value is -2.96. The first-order valence-corrected chi connectivity index (χ1v) is 8.64. The van der Waals surface area contributed by atoms with Crippen molar-refractivity contribution < 1.29 is 14.3 Å². The van der Waals surface area contributed by atoms with Crippen LogP contribution in [0.4, 0.5) is 11.6 Å². The van der Waals surface area contributed by atoms with E-state index in [2.05, 4.69) is 20.0 Å². The number of ether oxygens (including phenoxy) is 1. The number of methoxy groups -OCH3 is 1. The molecule has 136 valence electrons. The summed E-state index contributed by atoms with van der Waals surface area (Å²) in [6.07, 6.45) is 5.41. The molecule has 1 fully saturated rings. The van der Waals surface area contributed by atoms with Crippen molar-refractivity contribution in [1.29, 1.82) is 0 Å². The van der Waals surface area contributed by atoms with Crippen LogP contribution in [0.1, 0.15) is 18.4 Å². The average Bonchev–Trinajstić information content (AvgIpc) is 2.70. The zero-order chi connectivity index (χ0) is 18.4. The average molecular weight is 354 g/mol. The molecule has 2 heterocycles. The highest BCUT2D eigenvalue weighted by molar-refractivity contribution is 5.93. The predicted octanol–water partition coefficient (Wildman–Crippen LogP) is 2.05. The first kappa shape index (κ1) is 17.8. The molecular weight excluding hydrogens is 332 g/mol. The van der Waals surface area contributed by atoms with Gasteiger partial charge in [-0.15, -0.1) is 0 Å². The van der Waals surface area contributed by atoms with Crippen molar-refractivity contribution in [2.75, 3.05) is 30.4 Å².